The average molecular weight is 348 g/mol. The van der Waals surface area contributed by atoms with Gasteiger partial charge in [0.1, 0.15) is 5.82 Å². The lowest BCUT2D eigenvalue weighted by atomic mass is 9.99. The molecule has 0 radical (unpaired) electrons. The Kier molecular flexibility index (Phi) is 4.06. The lowest BCUT2D eigenvalue weighted by molar-refractivity contribution is -0.116. The van der Waals surface area contributed by atoms with Crippen LogP contribution in [0.15, 0.2) is 42.5 Å². The topological polar surface area (TPSA) is 29.1 Å². The minimum Gasteiger partial charge on any atom is -0.326 e. The summed E-state index contributed by atoms with van der Waals surface area (Å²) >= 11 is 3.67. The third-order valence-corrected chi connectivity index (χ3v) is 4.77. The zero-order valence-corrected chi connectivity index (χ0v) is 13.0. The Balaban J connectivity index is 1.91. The fourth-order valence-corrected chi connectivity index (χ4v) is 3.17. The summed E-state index contributed by atoms with van der Waals surface area (Å²) in [5, 5.41) is 2.93. The Morgan fingerprint density at radius 3 is 2.52 bits per heavy atom. The lowest BCUT2D eigenvalue weighted by Gasteiger charge is -2.14. The summed E-state index contributed by atoms with van der Waals surface area (Å²) in [4.78, 5) is 11.6. The number of hydrogen-bond acceptors (Lipinski definition) is 1. The number of amides is 1. The first-order valence-electron chi connectivity index (χ1n) is 6.96. The monoisotopic (exact) mass is 347 g/mol. The summed E-state index contributed by atoms with van der Waals surface area (Å²) in [5.74, 6) is -0.154. The maximum Gasteiger partial charge on any atom is 0.224 e. The van der Waals surface area contributed by atoms with E-state index in [0.29, 0.717) is 6.42 Å². The minimum atomic E-state index is -0.233. The van der Waals surface area contributed by atoms with Crippen LogP contribution in [-0.4, -0.2) is 5.91 Å². The second kappa shape index (κ2) is 5.98. The summed E-state index contributed by atoms with van der Waals surface area (Å²) in [6.07, 6.45) is 2.33. The van der Waals surface area contributed by atoms with Gasteiger partial charge in [-0.15, -0.1) is 0 Å². The quantitative estimate of drug-likeness (QED) is 0.791. The van der Waals surface area contributed by atoms with Gasteiger partial charge in [-0.1, -0.05) is 40.2 Å². The van der Waals surface area contributed by atoms with Crippen LogP contribution in [0.3, 0.4) is 0 Å². The SMILES string of the molecule is O=C1CCCc2cc(C(Br)c3ccc(F)cc3)ccc2N1. The molecular weight excluding hydrogens is 333 g/mol. The van der Waals surface area contributed by atoms with Gasteiger partial charge < -0.3 is 5.32 Å². The molecule has 0 saturated heterocycles. The van der Waals surface area contributed by atoms with Crippen LogP contribution in [0, 0.1) is 5.82 Å². The number of carbonyl (C=O) groups excluding carboxylic acids is 1. The molecule has 2 nitrogen and oxygen atoms in total. The predicted octanol–water partition coefficient (Wildman–Crippen LogP) is 4.58. The van der Waals surface area contributed by atoms with Crippen LogP contribution in [0.1, 0.15) is 34.4 Å². The first-order chi connectivity index (χ1) is 10.1. The van der Waals surface area contributed by atoms with E-state index in [0.717, 1.165) is 35.2 Å². The Hall–Kier alpha value is -1.68. The van der Waals surface area contributed by atoms with Crippen molar-refractivity contribution in [1.82, 2.24) is 0 Å². The highest BCUT2D eigenvalue weighted by Crippen LogP contribution is 2.34. The van der Waals surface area contributed by atoms with Crippen LogP contribution < -0.4 is 5.32 Å². The molecule has 2 aromatic carbocycles. The molecule has 0 bridgehead atoms. The first kappa shape index (κ1) is 14.3. The second-order valence-corrected chi connectivity index (χ2v) is 6.15. The van der Waals surface area contributed by atoms with Gasteiger partial charge in [0.2, 0.25) is 5.91 Å². The molecule has 2 aromatic rings. The van der Waals surface area contributed by atoms with E-state index in [-0.39, 0.29) is 16.6 Å². The molecule has 108 valence electrons. The molecule has 0 aromatic heterocycles. The normalized spacial score (nSPS) is 15.8. The number of rotatable bonds is 2. The fourth-order valence-electron chi connectivity index (χ4n) is 2.58. The number of carbonyl (C=O) groups is 1. The first-order valence-corrected chi connectivity index (χ1v) is 7.87. The number of halogens is 2. The van der Waals surface area contributed by atoms with Crippen LogP contribution in [0.25, 0.3) is 0 Å². The molecule has 3 rings (SSSR count). The number of nitrogens with one attached hydrogen (secondary N) is 1. The molecule has 0 aliphatic carbocycles. The van der Waals surface area contributed by atoms with Crippen molar-refractivity contribution >= 4 is 27.5 Å². The molecule has 1 heterocycles. The number of benzene rings is 2. The third kappa shape index (κ3) is 3.16. The fraction of sp³-hybridized carbons (Fsp3) is 0.235. The Morgan fingerprint density at radius 2 is 1.76 bits per heavy atom. The van der Waals surface area contributed by atoms with Crippen molar-refractivity contribution in [3.05, 3.63) is 65.0 Å². The summed E-state index contributed by atoms with van der Waals surface area (Å²) in [7, 11) is 0. The van der Waals surface area contributed by atoms with Crippen molar-refractivity contribution < 1.29 is 9.18 Å². The van der Waals surface area contributed by atoms with Crippen LogP contribution in [0.2, 0.25) is 0 Å². The average Bonchev–Trinajstić information content (AvgIpc) is 2.67. The van der Waals surface area contributed by atoms with Gasteiger partial charge >= 0.3 is 0 Å². The highest BCUT2D eigenvalue weighted by atomic mass is 79.9. The highest BCUT2D eigenvalue weighted by molar-refractivity contribution is 9.09. The van der Waals surface area contributed by atoms with Gasteiger partial charge in [0.05, 0.1) is 4.83 Å². The molecule has 1 aliphatic heterocycles. The Labute approximate surface area is 131 Å². The van der Waals surface area contributed by atoms with Gasteiger partial charge in [-0.2, -0.15) is 0 Å². The van der Waals surface area contributed by atoms with Crippen molar-refractivity contribution in [3.63, 3.8) is 0 Å². The largest absolute Gasteiger partial charge is 0.326 e. The van der Waals surface area contributed by atoms with Gasteiger partial charge in [0, 0.05) is 12.1 Å². The zero-order valence-electron chi connectivity index (χ0n) is 11.4. The van der Waals surface area contributed by atoms with Crippen molar-refractivity contribution in [2.45, 2.75) is 24.1 Å². The third-order valence-electron chi connectivity index (χ3n) is 3.71. The van der Waals surface area contributed by atoms with Crippen molar-refractivity contribution in [2.75, 3.05) is 5.32 Å². The van der Waals surface area contributed by atoms with E-state index in [1.165, 1.54) is 12.1 Å². The molecule has 1 atom stereocenters. The highest BCUT2D eigenvalue weighted by Gasteiger charge is 2.16. The van der Waals surface area contributed by atoms with Crippen LogP contribution in [0.5, 0.6) is 0 Å². The summed E-state index contributed by atoms with van der Waals surface area (Å²) in [5.41, 5.74) is 4.18. The second-order valence-electron chi connectivity index (χ2n) is 5.23. The minimum absolute atomic E-state index is 0.0161. The van der Waals surface area contributed by atoms with E-state index in [9.17, 15) is 9.18 Å². The Morgan fingerprint density at radius 1 is 1.05 bits per heavy atom. The number of anilines is 1. The van der Waals surface area contributed by atoms with Crippen molar-refractivity contribution in [1.29, 1.82) is 0 Å². The number of fused-ring (bicyclic) bond motifs is 1. The van der Waals surface area contributed by atoms with Gasteiger partial charge in [-0.05, 0) is 47.7 Å². The molecule has 1 N–H and O–H groups in total. The van der Waals surface area contributed by atoms with Crippen LogP contribution in [0.4, 0.5) is 10.1 Å². The van der Waals surface area contributed by atoms with E-state index in [4.69, 9.17) is 0 Å². The molecule has 4 heteroatoms. The molecular formula is C17H15BrFNO. The van der Waals surface area contributed by atoms with Gasteiger partial charge in [-0.25, -0.2) is 4.39 Å². The molecule has 21 heavy (non-hydrogen) atoms. The molecule has 1 amide bonds. The van der Waals surface area contributed by atoms with E-state index in [1.54, 1.807) is 12.1 Å². The number of aryl methyl sites for hydroxylation is 1. The standard InChI is InChI=1S/C17H15BrFNO/c18-17(11-4-7-14(19)8-5-11)13-6-9-15-12(10-13)2-1-3-16(21)20-15/h4-10,17H,1-3H2,(H,20,21). The summed E-state index contributed by atoms with van der Waals surface area (Å²) in [6, 6.07) is 12.5. The lowest BCUT2D eigenvalue weighted by Crippen LogP contribution is -2.09. The van der Waals surface area contributed by atoms with Gasteiger partial charge in [-0.3, -0.25) is 4.79 Å². The molecule has 0 saturated carbocycles. The van der Waals surface area contributed by atoms with E-state index >= 15 is 0 Å². The predicted molar refractivity (Wildman–Crippen MR) is 85.2 cm³/mol. The van der Waals surface area contributed by atoms with Gasteiger partial charge in [0.15, 0.2) is 0 Å². The molecule has 0 fully saturated rings. The van der Waals surface area contributed by atoms with Crippen LogP contribution >= 0.6 is 15.9 Å². The number of alkyl halides is 1. The summed E-state index contributed by atoms with van der Waals surface area (Å²) in [6.45, 7) is 0. The molecule has 1 aliphatic rings. The molecule has 1 unspecified atom stereocenters. The van der Waals surface area contributed by atoms with Crippen LogP contribution in [-0.2, 0) is 11.2 Å². The maximum atomic E-state index is 13.0. The van der Waals surface area contributed by atoms with E-state index in [1.807, 2.05) is 12.1 Å². The van der Waals surface area contributed by atoms with Gasteiger partial charge in [0.25, 0.3) is 0 Å². The smallest absolute Gasteiger partial charge is 0.224 e. The van der Waals surface area contributed by atoms with E-state index < -0.39 is 0 Å². The Bertz CT molecular complexity index is 669. The number of hydrogen-bond donors (Lipinski definition) is 1. The van der Waals surface area contributed by atoms with E-state index in [2.05, 4.69) is 27.3 Å². The zero-order chi connectivity index (χ0) is 14.8. The summed E-state index contributed by atoms with van der Waals surface area (Å²) < 4.78 is 13.0. The van der Waals surface area contributed by atoms with Crippen molar-refractivity contribution in [2.24, 2.45) is 0 Å². The molecule has 0 spiro atoms. The maximum absolute atomic E-state index is 13.0. The van der Waals surface area contributed by atoms with Crippen molar-refractivity contribution in [3.8, 4) is 0 Å².